The van der Waals surface area contributed by atoms with Crippen molar-refractivity contribution in [2.75, 3.05) is 0 Å². The van der Waals surface area contributed by atoms with Crippen molar-refractivity contribution in [3.63, 3.8) is 0 Å². The number of rotatable bonds is 0. The van der Waals surface area contributed by atoms with Gasteiger partial charge in [0.15, 0.2) is 0 Å². The van der Waals surface area contributed by atoms with Crippen molar-refractivity contribution >= 4 is 0 Å². The molecule has 0 aliphatic rings. The van der Waals surface area contributed by atoms with Crippen molar-refractivity contribution in [2.24, 2.45) is 0 Å². The fraction of sp³-hybridized carbons (Fsp3) is 0. The average molecular weight is 352 g/mol. The van der Waals surface area contributed by atoms with Gasteiger partial charge in [0.25, 0.3) is 0 Å². The Balaban J connectivity index is 0. The Morgan fingerprint density at radius 3 is 0.500 bits per heavy atom. The first-order chi connectivity index (χ1) is 0. The van der Waals surface area contributed by atoms with Crippen LogP contribution in [0.5, 0.6) is 0 Å². The third-order valence-electron chi connectivity index (χ3n) is 0. The predicted molar refractivity (Wildman–Crippen MR) is 3.61 cm³/mol. The number of halogens is 4. The Kier molecular flexibility index (Phi) is 1360. The van der Waals surface area contributed by atoms with E-state index in [0.29, 0.717) is 0 Å². The summed E-state index contributed by atoms with van der Waals surface area (Å²) in [6, 6.07) is 0. The van der Waals surface area contributed by atoms with Crippen molar-refractivity contribution in [1.82, 2.24) is 0 Å². The summed E-state index contributed by atoms with van der Waals surface area (Å²) in [4.78, 5) is 0. The molecule has 0 saturated carbocycles. The third kappa shape index (κ3) is 41.9. The summed E-state index contributed by atoms with van der Waals surface area (Å²) in [6.07, 6.45) is 0. The first kappa shape index (κ1) is 114. The molecular weight excluding hydrogens is 350 g/mol. The Morgan fingerprint density at radius 2 is 0.500 bits per heavy atom. The molecule has 0 aliphatic carbocycles. The Labute approximate surface area is 74.9 Å². The topological polar surface area (TPSA) is 31.5 Å². The van der Waals surface area contributed by atoms with E-state index in [-0.39, 0.29) is 75.2 Å². The second-order valence-electron chi connectivity index (χ2n) is 0. The van der Waals surface area contributed by atoms with Crippen molar-refractivity contribution < 1.29 is 75.2 Å². The summed E-state index contributed by atoms with van der Waals surface area (Å²) in [5, 5.41) is 0. The van der Waals surface area contributed by atoms with E-state index in [4.69, 9.17) is 0 Å². The molecule has 0 amide bonds. The van der Waals surface area contributed by atoms with E-state index in [2.05, 4.69) is 0 Å². The Morgan fingerprint density at radius 1 is 0.500 bits per heavy atom. The molecule has 1 nitrogen and oxygen atoms in total. The van der Waals surface area contributed by atoms with Gasteiger partial charge in [-0.15, -0.1) is 0 Å². The quantitative estimate of drug-likeness (QED) is 0.415. The van der Waals surface area contributed by atoms with Gasteiger partial charge in [0.05, 0.1) is 0 Å². The van der Waals surface area contributed by atoms with Gasteiger partial charge in [-0.05, 0) is 0 Å². The van der Waals surface area contributed by atoms with Crippen LogP contribution in [0, 0.1) is 0 Å². The van der Waals surface area contributed by atoms with Gasteiger partial charge >= 0.3 is 20.1 Å². The Hall–Kier alpha value is 1.77. The molecule has 0 aromatic carbocycles. The molecule has 45 valence electrons. The second-order valence-corrected chi connectivity index (χ2v) is 0. The summed E-state index contributed by atoms with van der Waals surface area (Å²) in [5.41, 5.74) is 0. The third-order valence-corrected chi connectivity index (χ3v) is 0. The maximum Gasteiger partial charge on any atom is 4.00 e. The van der Waals surface area contributed by atoms with Crippen LogP contribution in [0.1, 0.15) is 0 Å². The average Bonchev–Trinajstić information content (AvgIpc) is 0. The minimum Gasteiger partial charge on any atom is -1.00 e. The van der Waals surface area contributed by atoms with Crippen LogP contribution in [0.15, 0.2) is 0 Å². The first-order valence-corrected chi connectivity index (χ1v) is 0. The van der Waals surface area contributed by atoms with Crippen LogP contribution in [-0.4, -0.2) is 5.48 Å². The van der Waals surface area contributed by atoms with Crippen molar-refractivity contribution in [1.29, 1.82) is 0 Å². The molecule has 0 aromatic heterocycles. The standard InChI is InChI=1S/4ClH.Ir.H2O/h4*1H;;1H2/q;;;;+4;/p-4. The first-order valence-electron chi connectivity index (χ1n) is 0. The molecule has 0 aromatic rings. The van der Waals surface area contributed by atoms with Gasteiger partial charge in [-0.3, -0.25) is 0 Å². The summed E-state index contributed by atoms with van der Waals surface area (Å²) >= 11 is 0. The van der Waals surface area contributed by atoms with E-state index < -0.39 is 0 Å². The van der Waals surface area contributed by atoms with E-state index in [0.717, 1.165) is 0 Å². The molecular formula is H2Cl4IrO. The van der Waals surface area contributed by atoms with Crippen molar-refractivity contribution in [3.8, 4) is 0 Å². The maximum atomic E-state index is 0. The molecule has 2 N–H and O–H groups in total. The largest absolute Gasteiger partial charge is 4.00 e. The van der Waals surface area contributed by atoms with Gasteiger partial charge in [0.1, 0.15) is 0 Å². The molecule has 0 atom stereocenters. The van der Waals surface area contributed by atoms with Crippen LogP contribution in [0.25, 0.3) is 0 Å². The molecule has 6 heavy (non-hydrogen) atoms. The van der Waals surface area contributed by atoms with E-state index >= 15 is 0 Å². The van der Waals surface area contributed by atoms with Gasteiger partial charge in [-0.25, -0.2) is 0 Å². The molecule has 1 radical (unpaired) electrons. The predicted octanol–water partition coefficient (Wildman–Crippen LogP) is -12.8. The number of hydrogen-bond donors (Lipinski definition) is 0. The van der Waals surface area contributed by atoms with E-state index in [9.17, 15) is 0 Å². The van der Waals surface area contributed by atoms with Crippen LogP contribution in [-0.2, 0) is 20.1 Å². The smallest absolute Gasteiger partial charge is 1.00 e. The van der Waals surface area contributed by atoms with Gasteiger partial charge < -0.3 is 55.1 Å². The zero-order valence-electron chi connectivity index (χ0n) is 2.35. The molecule has 6 heteroatoms. The van der Waals surface area contributed by atoms with Crippen LogP contribution in [0.4, 0.5) is 0 Å². The molecule has 0 spiro atoms. The fourth-order valence-corrected chi connectivity index (χ4v) is 0. The number of hydrogen-bond acceptors (Lipinski definition) is 0. The van der Waals surface area contributed by atoms with E-state index in [1.54, 1.807) is 0 Å². The van der Waals surface area contributed by atoms with Gasteiger partial charge in [-0.2, -0.15) is 0 Å². The normalized spacial score (nSPS) is 0. The summed E-state index contributed by atoms with van der Waals surface area (Å²) in [6.45, 7) is 0. The molecule has 0 rings (SSSR count). The SMILES string of the molecule is O.[Cl-].[Cl-].[Cl-].[Cl-].[Ir+4]. The zero-order valence-corrected chi connectivity index (χ0v) is 7.76. The minimum absolute atomic E-state index is 0. The fourth-order valence-electron chi connectivity index (χ4n) is 0. The van der Waals surface area contributed by atoms with Gasteiger partial charge in [-0.1, -0.05) is 0 Å². The molecule has 0 aliphatic heterocycles. The molecule has 0 unspecified atom stereocenters. The molecule has 0 fully saturated rings. The zero-order chi connectivity index (χ0) is 0. The van der Waals surface area contributed by atoms with Crippen molar-refractivity contribution in [2.45, 2.75) is 0 Å². The van der Waals surface area contributed by atoms with Crippen molar-refractivity contribution in [3.05, 3.63) is 0 Å². The van der Waals surface area contributed by atoms with Crippen LogP contribution in [0.3, 0.4) is 0 Å². The van der Waals surface area contributed by atoms with E-state index in [1.165, 1.54) is 0 Å². The van der Waals surface area contributed by atoms with Crippen LogP contribution >= 0.6 is 0 Å². The maximum absolute atomic E-state index is 0. The summed E-state index contributed by atoms with van der Waals surface area (Å²) in [7, 11) is 0. The van der Waals surface area contributed by atoms with Gasteiger partial charge in [0.2, 0.25) is 0 Å². The van der Waals surface area contributed by atoms with Gasteiger partial charge in [0, 0.05) is 0 Å². The molecule has 0 heterocycles. The molecule has 0 bridgehead atoms. The van der Waals surface area contributed by atoms with Crippen LogP contribution < -0.4 is 49.6 Å². The Bertz CT molecular complexity index is 7.51. The second kappa shape index (κ2) is 72.0. The molecule has 0 saturated heterocycles. The van der Waals surface area contributed by atoms with E-state index in [1.807, 2.05) is 0 Å². The van der Waals surface area contributed by atoms with Crippen LogP contribution in [0.2, 0.25) is 0 Å². The minimum atomic E-state index is 0. The summed E-state index contributed by atoms with van der Waals surface area (Å²) < 4.78 is 0. The summed E-state index contributed by atoms with van der Waals surface area (Å²) in [5.74, 6) is 0. The monoisotopic (exact) mass is 351 g/mol.